The van der Waals surface area contributed by atoms with Gasteiger partial charge in [0.25, 0.3) is 0 Å². The van der Waals surface area contributed by atoms with Crippen LogP contribution < -0.4 is 10.5 Å². The Bertz CT molecular complexity index is 497. The highest BCUT2D eigenvalue weighted by Crippen LogP contribution is 2.12. The van der Waals surface area contributed by atoms with Gasteiger partial charge in [0.2, 0.25) is 11.8 Å². The van der Waals surface area contributed by atoms with Crippen LogP contribution in [0, 0.1) is 0 Å². The van der Waals surface area contributed by atoms with Crippen LogP contribution in [-0.4, -0.2) is 33.9 Å². The number of hydrogen-bond donors (Lipinski definition) is 2. The molecule has 0 aliphatic carbocycles. The van der Waals surface area contributed by atoms with Crippen molar-refractivity contribution in [2.24, 2.45) is 5.73 Å². The Labute approximate surface area is 104 Å². The predicted molar refractivity (Wildman–Crippen MR) is 61.9 cm³/mol. The molecule has 1 atom stereocenters. The number of aliphatic hydroxyl groups excluding tert-OH is 1. The first-order valence-electron chi connectivity index (χ1n) is 5.40. The molecule has 3 N–H and O–H groups in total. The van der Waals surface area contributed by atoms with Crippen molar-refractivity contribution in [3.63, 3.8) is 0 Å². The van der Waals surface area contributed by atoms with E-state index in [-0.39, 0.29) is 12.5 Å². The van der Waals surface area contributed by atoms with E-state index >= 15 is 0 Å². The summed E-state index contributed by atoms with van der Waals surface area (Å²) in [6.07, 6.45) is 2.17. The van der Waals surface area contributed by atoms with Gasteiger partial charge in [-0.05, 0) is 5.56 Å². The topological polar surface area (TPSA) is 107 Å². The summed E-state index contributed by atoms with van der Waals surface area (Å²) < 4.78 is 9.91. The van der Waals surface area contributed by atoms with Crippen molar-refractivity contribution in [1.82, 2.24) is 15.1 Å². The number of aromatic nitrogens is 3. The lowest BCUT2D eigenvalue weighted by Gasteiger charge is -2.00. The van der Waals surface area contributed by atoms with E-state index in [0.29, 0.717) is 18.1 Å². The average molecular weight is 250 g/mol. The van der Waals surface area contributed by atoms with Crippen LogP contribution in [0.5, 0.6) is 5.88 Å². The standard InChI is InChI=1S/C11H14N4O3/c1-17-10-3-2-7(5-13-10)4-9-14-11(18-15-9)8(12)6-16/h2-3,5,8,16H,4,6,12H2,1H3. The number of rotatable bonds is 5. The summed E-state index contributed by atoms with van der Waals surface area (Å²) in [6, 6.07) is 2.99. The van der Waals surface area contributed by atoms with Crippen molar-refractivity contribution in [2.75, 3.05) is 13.7 Å². The number of hydrogen-bond acceptors (Lipinski definition) is 7. The van der Waals surface area contributed by atoms with Crippen LogP contribution in [0.3, 0.4) is 0 Å². The van der Waals surface area contributed by atoms with E-state index in [9.17, 15) is 0 Å². The van der Waals surface area contributed by atoms with E-state index in [0.717, 1.165) is 5.56 Å². The third-order valence-electron chi connectivity index (χ3n) is 2.37. The Kier molecular flexibility index (Phi) is 3.85. The molecule has 7 heteroatoms. The van der Waals surface area contributed by atoms with Gasteiger partial charge in [0.1, 0.15) is 6.04 Å². The van der Waals surface area contributed by atoms with E-state index in [4.69, 9.17) is 20.1 Å². The first-order valence-corrected chi connectivity index (χ1v) is 5.40. The van der Waals surface area contributed by atoms with Crippen LogP contribution in [0.1, 0.15) is 23.3 Å². The number of methoxy groups -OCH3 is 1. The fourth-order valence-corrected chi connectivity index (χ4v) is 1.39. The molecule has 2 aromatic rings. The van der Waals surface area contributed by atoms with Gasteiger partial charge in [-0.2, -0.15) is 4.98 Å². The molecule has 0 aliphatic rings. The quantitative estimate of drug-likeness (QED) is 0.772. The average Bonchev–Trinajstić information content (AvgIpc) is 2.87. The van der Waals surface area contributed by atoms with E-state index in [2.05, 4.69) is 15.1 Å². The normalized spacial score (nSPS) is 12.4. The molecule has 18 heavy (non-hydrogen) atoms. The Balaban J connectivity index is 2.06. The summed E-state index contributed by atoms with van der Waals surface area (Å²) >= 11 is 0. The number of nitrogens with zero attached hydrogens (tertiary/aromatic N) is 3. The maximum absolute atomic E-state index is 8.87. The largest absolute Gasteiger partial charge is 0.481 e. The van der Waals surface area contributed by atoms with E-state index in [1.165, 1.54) is 0 Å². The molecule has 0 fully saturated rings. The molecule has 0 saturated carbocycles. The molecule has 1 unspecified atom stereocenters. The molecule has 2 aromatic heterocycles. The lowest BCUT2D eigenvalue weighted by molar-refractivity contribution is 0.236. The minimum atomic E-state index is -0.639. The second kappa shape index (κ2) is 5.56. The fourth-order valence-electron chi connectivity index (χ4n) is 1.39. The van der Waals surface area contributed by atoms with E-state index in [1.807, 2.05) is 6.07 Å². The summed E-state index contributed by atoms with van der Waals surface area (Å²) in [5.74, 6) is 1.28. The second-order valence-electron chi connectivity index (χ2n) is 3.72. The second-order valence-corrected chi connectivity index (χ2v) is 3.72. The van der Waals surface area contributed by atoms with Crippen molar-refractivity contribution in [3.05, 3.63) is 35.6 Å². The zero-order valence-electron chi connectivity index (χ0n) is 9.91. The predicted octanol–water partition coefficient (Wildman–Crippen LogP) is 0.0561. The zero-order valence-corrected chi connectivity index (χ0v) is 9.91. The minimum absolute atomic E-state index is 0.230. The van der Waals surface area contributed by atoms with Gasteiger partial charge in [-0.1, -0.05) is 11.2 Å². The number of ether oxygens (including phenoxy) is 1. The van der Waals surface area contributed by atoms with Gasteiger partial charge < -0.3 is 20.1 Å². The van der Waals surface area contributed by atoms with Crippen molar-refractivity contribution in [1.29, 1.82) is 0 Å². The van der Waals surface area contributed by atoms with Gasteiger partial charge in [-0.15, -0.1) is 0 Å². The summed E-state index contributed by atoms with van der Waals surface area (Å²) in [6.45, 7) is -0.230. The molecule has 0 radical (unpaired) electrons. The molecule has 0 spiro atoms. The van der Waals surface area contributed by atoms with Crippen LogP contribution in [-0.2, 0) is 6.42 Å². The van der Waals surface area contributed by atoms with Crippen molar-refractivity contribution < 1.29 is 14.4 Å². The van der Waals surface area contributed by atoms with Gasteiger partial charge in [-0.25, -0.2) is 4.98 Å². The summed E-state index contributed by atoms with van der Waals surface area (Å²) in [4.78, 5) is 8.18. The molecule has 0 aromatic carbocycles. The molecule has 2 heterocycles. The number of nitrogens with two attached hydrogens (primary N) is 1. The summed E-state index contributed by atoms with van der Waals surface area (Å²) in [5.41, 5.74) is 6.49. The molecule has 0 aliphatic heterocycles. The molecular weight excluding hydrogens is 236 g/mol. The van der Waals surface area contributed by atoms with Crippen LogP contribution in [0.25, 0.3) is 0 Å². The van der Waals surface area contributed by atoms with Gasteiger partial charge in [0.05, 0.1) is 13.7 Å². The number of pyridine rings is 1. The van der Waals surface area contributed by atoms with Gasteiger partial charge in [0, 0.05) is 18.7 Å². The summed E-state index contributed by atoms with van der Waals surface area (Å²) in [7, 11) is 1.56. The summed E-state index contributed by atoms with van der Waals surface area (Å²) in [5, 5.41) is 12.7. The third-order valence-corrected chi connectivity index (χ3v) is 2.37. The number of aliphatic hydroxyl groups is 1. The Morgan fingerprint density at radius 2 is 2.33 bits per heavy atom. The highest BCUT2D eigenvalue weighted by Gasteiger charge is 2.13. The molecule has 0 saturated heterocycles. The fraction of sp³-hybridized carbons (Fsp3) is 0.364. The smallest absolute Gasteiger partial charge is 0.245 e. The van der Waals surface area contributed by atoms with Crippen LogP contribution in [0.15, 0.2) is 22.9 Å². The SMILES string of the molecule is COc1ccc(Cc2noc(C(N)CO)n2)cn1. The van der Waals surface area contributed by atoms with Gasteiger partial charge in [0.15, 0.2) is 5.82 Å². The molecule has 96 valence electrons. The highest BCUT2D eigenvalue weighted by atomic mass is 16.5. The maximum atomic E-state index is 8.87. The third kappa shape index (κ3) is 2.82. The molecule has 2 rings (SSSR count). The lowest BCUT2D eigenvalue weighted by Crippen LogP contribution is -2.14. The minimum Gasteiger partial charge on any atom is -0.481 e. The van der Waals surface area contributed by atoms with Crippen LogP contribution >= 0.6 is 0 Å². The van der Waals surface area contributed by atoms with Gasteiger partial charge in [-0.3, -0.25) is 0 Å². The van der Waals surface area contributed by atoms with E-state index in [1.54, 1.807) is 19.4 Å². The Morgan fingerprint density at radius 1 is 1.50 bits per heavy atom. The highest BCUT2D eigenvalue weighted by molar-refractivity contribution is 5.20. The van der Waals surface area contributed by atoms with Crippen molar-refractivity contribution in [2.45, 2.75) is 12.5 Å². The molecule has 7 nitrogen and oxygen atoms in total. The lowest BCUT2D eigenvalue weighted by atomic mass is 10.2. The van der Waals surface area contributed by atoms with Gasteiger partial charge >= 0.3 is 0 Å². The first-order chi connectivity index (χ1) is 8.72. The van der Waals surface area contributed by atoms with Crippen LogP contribution in [0.4, 0.5) is 0 Å². The first kappa shape index (κ1) is 12.5. The van der Waals surface area contributed by atoms with Crippen molar-refractivity contribution in [3.8, 4) is 5.88 Å². The van der Waals surface area contributed by atoms with Crippen LogP contribution in [0.2, 0.25) is 0 Å². The Morgan fingerprint density at radius 3 is 2.94 bits per heavy atom. The Hall–Kier alpha value is -1.99. The van der Waals surface area contributed by atoms with E-state index < -0.39 is 6.04 Å². The molecular formula is C11H14N4O3. The molecule has 0 bridgehead atoms. The molecule has 0 amide bonds. The maximum Gasteiger partial charge on any atom is 0.245 e. The zero-order chi connectivity index (χ0) is 13.0. The van der Waals surface area contributed by atoms with Crippen molar-refractivity contribution >= 4 is 0 Å². The monoisotopic (exact) mass is 250 g/mol.